The average Bonchev–Trinajstić information content (AvgIpc) is 3.16. The summed E-state index contributed by atoms with van der Waals surface area (Å²) in [4.78, 5) is 0. The van der Waals surface area contributed by atoms with E-state index in [-0.39, 0.29) is 5.54 Å². The zero-order valence-corrected chi connectivity index (χ0v) is 11.0. The minimum atomic E-state index is 0.179. The van der Waals surface area contributed by atoms with Crippen molar-refractivity contribution < 1.29 is 0 Å². The Hall–Kier alpha value is -1.76. The maximum absolute atomic E-state index is 3.78. The van der Waals surface area contributed by atoms with Crippen LogP contribution in [0.25, 0.3) is 0 Å². The first-order valence-electron chi connectivity index (χ1n) is 6.61. The van der Waals surface area contributed by atoms with Gasteiger partial charge in [-0.2, -0.15) is 0 Å². The predicted octanol–water partition coefficient (Wildman–Crippen LogP) is 4.40. The van der Waals surface area contributed by atoms with E-state index in [1.54, 1.807) is 0 Å². The number of anilines is 1. The summed E-state index contributed by atoms with van der Waals surface area (Å²) in [5.74, 6) is 0. The van der Waals surface area contributed by atoms with Crippen molar-refractivity contribution in [1.29, 1.82) is 0 Å². The fraction of sp³-hybridized carbons (Fsp3) is 0.294. The summed E-state index contributed by atoms with van der Waals surface area (Å²) in [7, 11) is 0. The Morgan fingerprint density at radius 1 is 0.833 bits per heavy atom. The first kappa shape index (κ1) is 11.3. The minimum Gasteiger partial charge on any atom is -0.375 e. The van der Waals surface area contributed by atoms with Gasteiger partial charge < -0.3 is 5.32 Å². The van der Waals surface area contributed by atoms with Crippen molar-refractivity contribution in [2.24, 2.45) is 0 Å². The SMILES string of the molecule is Cc1cccc(C)c1NC1(c2ccccc2)CC1. The molecule has 1 aliphatic rings. The molecular formula is C17H19N. The van der Waals surface area contributed by atoms with Crippen molar-refractivity contribution in [3.05, 3.63) is 65.2 Å². The summed E-state index contributed by atoms with van der Waals surface area (Å²) in [6.45, 7) is 4.35. The van der Waals surface area contributed by atoms with Crippen molar-refractivity contribution in [3.63, 3.8) is 0 Å². The smallest absolute Gasteiger partial charge is 0.0627 e. The number of hydrogen-bond donors (Lipinski definition) is 1. The molecule has 1 aliphatic carbocycles. The molecular weight excluding hydrogens is 218 g/mol. The van der Waals surface area contributed by atoms with Crippen LogP contribution in [0.2, 0.25) is 0 Å². The Morgan fingerprint density at radius 3 is 2.00 bits per heavy atom. The molecule has 1 N–H and O–H groups in total. The molecule has 0 atom stereocenters. The van der Waals surface area contributed by atoms with Crippen LogP contribution in [0.1, 0.15) is 29.5 Å². The molecule has 1 saturated carbocycles. The molecule has 1 heteroatoms. The van der Waals surface area contributed by atoms with Crippen LogP contribution in [-0.4, -0.2) is 0 Å². The second-order valence-corrected chi connectivity index (χ2v) is 5.34. The van der Waals surface area contributed by atoms with Gasteiger partial charge in [-0.3, -0.25) is 0 Å². The van der Waals surface area contributed by atoms with Gasteiger partial charge in [0.05, 0.1) is 5.54 Å². The van der Waals surface area contributed by atoms with Crippen molar-refractivity contribution in [1.82, 2.24) is 0 Å². The Morgan fingerprint density at radius 2 is 1.44 bits per heavy atom. The fourth-order valence-electron chi connectivity index (χ4n) is 2.62. The molecule has 1 fully saturated rings. The van der Waals surface area contributed by atoms with Gasteiger partial charge in [-0.25, -0.2) is 0 Å². The largest absolute Gasteiger partial charge is 0.375 e. The van der Waals surface area contributed by atoms with Gasteiger partial charge >= 0.3 is 0 Å². The Bertz CT molecular complexity index is 533. The lowest BCUT2D eigenvalue weighted by molar-refractivity contribution is 0.805. The second-order valence-electron chi connectivity index (χ2n) is 5.34. The predicted molar refractivity (Wildman–Crippen MR) is 76.9 cm³/mol. The quantitative estimate of drug-likeness (QED) is 0.834. The highest BCUT2D eigenvalue weighted by molar-refractivity contribution is 5.60. The molecule has 3 rings (SSSR count). The molecule has 0 amide bonds. The lowest BCUT2D eigenvalue weighted by Crippen LogP contribution is -2.19. The van der Waals surface area contributed by atoms with Crippen LogP contribution in [0.4, 0.5) is 5.69 Å². The van der Waals surface area contributed by atoms with Crippen molar-refractivity contribution in [2.75, 3.05) is 5.32 Å². The van der Waals surface area contributed by atoms with Gasteiger partial charge in [-0.05, 0) is 43.4 Å². The molecule has 0 aromatic heterocycles. The molecule has 2 aromatic rings. The summed E-state index contributed by atoms with van der Waals surface area (Å²) < 4.78 is 0. The number of benzene rings is 2. The summed E-state index contributed by atoms with van der Waals surface area (Å²) in [5, 5.41) is 3.78. The van der Waals surface area contributed by atoms with Crippen LogP contribution in [0.3, 0.4) is 0 Å². The van der Waals surface area contributed by atoms with Crippen LogP contribution in [0.5, 0.6) is 0 Å². The summed E-state index contributed by atoms with van der Waals surface area (Å²) in [5.41, 5.74) is 5.55. The van der Waals surface area contributed by atoms with E-state index < -0.39 is 0 Å². The first-order chi connectivity index (χ1) is 8.71. The van der Waals surface area contributed by atoms with E-state index in [0.29, 0.717) is 0 Å². The summed E-state index contributed by atoms with van der Waals surface area (Å²) in [6.07, 6.45) is 2.45. The maximum Gasteiger partial charge on any atom is 0.0627 e. The normalized spacial score (nSPS) is 16.3. The second kappa shape index (κ2) is 4.16. The molecule has 92 valence electrons. The summed E-state index contributed by atoms with van der Waals surface area (Å²) in [6, 6.07) is 17.3. The third-order valence-corrected chi connectivity index (χ3v) is 3.92. The van der Waals surface area contributed by atoms with Gasteiger partial charge in [0, 0.05) is 5.69 Å². The van der Waals surface area contributed by atoms with Gasteiger partial charge in [0.2, 0.25) is 0 Å². The maximum atomic E-state index is 3.78. The molecule has 0 radical (unpaired) electrons. The Kier molecular flexibility index (Phi) is 2.62. The summed E-state index contributed by atoms with van der Waals surface area (Å²) >= 11 is 0. The van der Waals surface area contributed by atoms with E-state index in [0.717, 1.165) is 0 Å². The van der Waals surface area contributed by atoms with E-state index in [1.807, 2.05) is 0 Å². The molecule has 2 aromatic carbocycles. The number of para-hydroxylation sites is 1. The zero-order valence-electron chi connectivity index (χ0n) is 11.0. The van der Waals surface area contributed by atoms with E-state index in [2.05, 4.69) is 67.7 Å². The Labute approximate surface area is 109 Å². The van der Waals surface area contributed by atoms with Crippen LogP contribution in [-0.2, 0) is 5.54 Å². The third kappa shape index (κ3) is 1.90. The van der Waals surface area contributed by atoms with E-state index in [4.69, 9.17) is 0 Å². The fourth-order valence-corrected chi connectivity index (χ4v) is 2.62. The first-order valence-corrected chi connectivity index (χ1v) is 6.61. The third-order valence-electron chi connectivity index (χ3n) is 3.92. The monoisotopic (exact) mass is 237 g/mol. The zero-order chi connectivity index (χ0) is 12.6. The number of nitrogens with one attached hydrogen (secondary N) is 1. The van der Waals surface area contributed by atoms with Gasteiger partial charge in [-0.1, -0.05) is 48.5 Å². The number of aryl methyl sites for hydroxylation is 2. The number of hydrogen-bond acceptors (Lipinski definition) is 1. The van der Waals surface area contributed by atoms with E-state index in [9.17, 15) is 0 Å². The molecule has 0 bridgehead atoms. The van der Waals surface area contributed by atoms with E-state index >= 15 is 0 Å². The molecule has 0 aliphatic heterocycles. The van der Waals surface area contributed by atoms with Gasteiger partial charge in [0.25, 0.3) is 0 Å². The van der Waals surface area contributed by atoms with Crippen LogP contribution in [0.15, 0.2) is 48.5 Å². The lowest BCUT2D eigenvalue weighted by atomic mass is 10.0. The highest BCUT2D eigenvalue weighted by Gasteiger charge is 2.44. The number of rotatable bonds is 3. The molecule has 1 nitrogen and oxygen atoms in total. The standard InChI is InChI=1S/C17H19N/c1-13-7-6-8-14(2)16(13)18-17(11-12-17)15-9-4-3-5-10-15/h3-10,18H,11-12H2,1-2H3. The van der Waals surface area contributed by atoms with Crippen LogP contribution >= 0.6 is 0 Å². The van der Waals surface area contributed by atoms with Crippen molar-refractivity contribution in [2.45, 2.75) is 32.2 Å². The van der Waals surface area contributed by atoms with Crippen LogP contribution in [0, 0.1) is 13.8 Å². The molecule has 0 unspecified atom stereocenters. The van der Waals surface area contributed by atoms with Gasteiger partial charge in [0.15, 0.2) is 0 Å². The molecule has 0 saturated heterocycles. The van der Waals surface area contributed by atoms with E-state index in [1.165, 1.54) is 35.2 Å². The van der Waals surface area contributed by atoms with Crippen LogP contribution < -0.4 is 5.32 Å². The lowest BCUT2D eigenvalue weighted by Gasteiger charge is -2.22. The van der Waals surface area contributed by atoms with Crippen molar-refractivity contribution in [3.8, 4) is 0 Å². The molecule has 18 heavy (non-hydrogen) atoms. The minimum absolute atomic E-state index is 0.179. The average molecular weight is 237 g/mol. The van der Waals surface area contributed by atoms with Crippen molar-refractivity contribution >= 4 is 5.69 Å². The topological polar surface area (TPSA) is 12.0 Å². The van der Waals surface area contributed by atoms with Gasteiger partial charge in [-0.15, -0.1) is 0 Å². The Balaban J connectivity index is 1.94. The highest BCUT2D eigenvalue weighted by atomic mass is 15.0. The van der Waals surface area contributed by atoms with Gasteiger partial charge in [0.1, 0.15) is 0 Å². The molecule has 0 heterocycles. The molecule has 0 spiro atoms. The highest BCUT2D eigenvalue weighted by Crippen LogP contribution is 2.48.